The maximum absolute atomic E-state index is 5.94. The third-order valence-corrected chi connectivity index (χ3v) is 2.42. The minimum atomic E-state index is 0.622. The van der Waals surface area contributed by atoms with Gasteiger partial charge in [-0.3, -0.25) is 0 Å². The Bertz CT molecular complexity index is 310. The Kier molecular flexibility index (Phi) is 2.16. The summed E-state index contributed by atoms with van der Waals surface area (Å²) in [7, 11) is 0. The Morgan fingerprint density at radius 3 is 2.92 bits per heavy atom. The van der Waals surface area contributed by atoms with Crippen LogP contribution in [0.3, 0.4) is 0 Å². The van der Waals surface area contributed by atoms with E-state index in [1.54, 1.807) is 6.07 Å². The molecule has 12 heavy (non-hydrogen) atoms. The lowest BCUT2D eigenvalue weighted by Gasteiger charge is -2.18. The summed E-state index contributed by atoms with van der Waals surface area (Å²) in [5.74, 6) is 0.812. The molecule has 64 valence electrons. The highest BCUT2D eigenvalue weighted by Crippen LogP contribution is 2.35. The number of benzene rings is 1. The van der Waals surface area contributed by atoms with Gasteiger partial charge >= 0.3 is 0 Å². The van der Waals surface area contributed by atoms with Gasteiger partial charge in [0.05, 0.1) is 11.6 Å². The zero-order valence-electron chi connectivity index (χ0n) is 6.44. The van der Waals surface area contributed by atoms with Crippen LogP contribution in [0.4, 0.5) is 0 Å². The summed E-state index contributed by atoms with van der Waals surface area (Å²) in [6.45, 7) is 0.758. The Labute approximate surface area is 81.2 Å². The van der Waals surface area contributed by atoms with Gasteiger partial charge in [0.15, 0.2) is 0 Å². The van der Waals surface area contributed by atoms with Gasteiger partial charge in [0.2, 0.25) is 0 Å². The molecule has 0 saturated carbocycles. The molecule has 1 aliphatic rings. The van der Waals surface area contributed by atoms with Crippen LogP contribution in [-0.2, 0) is 6.42 Å². The summed E-state index contributed by atoms with van der Waals surface area (Å²) in [5, 5.41) is 1.31. The van der Waals surface area contributed by atoms with Crippen LogP contribution in [0.2, 0.25) is 10.0 Å². The van der Waals surface area contributed by atoms with E-state index in [4.69, 9.17) is 27.9 Å². The van der Waals surface area contributed by atoms with Gasteiger partial charge in [-0.15, -0.1) is 0 Å². The van der Waals surface area contributed by atoms with E-state index in [1.807, 2.05) is 6.07 Å². The normalized spacial score (nSPS) is 15.2. The number of aryl methyl sites for hydroxylation is 1. The molecule has 0 bridgehead atoms. The molecule has 0 amide bonds. The Hall–Kier alpha value is -0.400. The summed E-state index contributed by atoms with van der Waals surface area (Å²) < 4.78 is 5.42. The van der Waals surface area contributed by atoms with Gasteiger partial charge in [0.25, 0.3) is 0 Å². The SMILES string of the molecule is Clc1cc(Cl)c2c(c1)CCCO2. The number of hydrogen-bond acceptors (Lipinski definition) is 1. The fraction of sp³-hybridized carbons (Fsp3) is 0.333. The van der Waals surface area contributed by atoms with Crippen LogP contribution in [0.15, 0.2) is 12.1 Å². The average Bonchev–Trinajstić information content (AvgIpc) is 2.04. The number of rotatable bonds is 0. The Balaban J connectivity index is 2.53. The van der Waals surface area contributed by atoms with E-state index in [0.29, 0.717) is 10.0 Å². The van der Waals surface area contributed by atoms with E-state index < -0.39 is 0 Å². The van der Waals surface area contributed by atoms with Crippen molar-refractivity contribution in [1.82, 2.24) is 0 Å². The Morgan fingerprint density at radius 2 is 2.08 bits per heavy atom. The van der Waals surface area contributed by atoms with Crippen molar-refractivity contribution < 1.29 is 4.74 Å². The lowest BCUT2D eigenvalue weighted by Crippen LogP contribution is -2.08. The van der Waals surface area contributed by atoms with E-state index in [-0.39, 0.29) is 0 Å². The van der Waals surface area contributed by atoms with E-state index in [0.717, 1.165) is 30.8 Å². The number of hydrogen-bond donors (Lipinski definition) is 0. The highest BCUT2D eigenvalue weighted by molar-refractivity contribution is 6.35. The van der Waals surface area contributed by atoms with Gasteiger partial charge in [0, 0.05) is 5.02 Å². The van der Waals surface area contributed by atoms with E-state index in [9.17, 15) is 0 Å². The fourth-order valence-electron chi connectivity index (χ4n) is 1.40. The average molecular weight is 203 g/mol. The van der Waals surface area contributed by atoms with Crippen LogP contribution in [0.25, 0.3) is 0 Å². The second kappa shape index (κ2) is 3.15. The van der Waals surface area contributed by atoms with Crippen LogP contribution in [0.1, 0.15) is 12.0 Å². The van der Waals surface area contributed by atoms with Gasteiger partial charge in [-0.1, -0.05) is 23.2 Å². The molecule has 0 spiro atoms. The van der Waals surface area contributed by atoms with E-state index in [2.05, 4.69) is 0 Å². The molecule has 1 aromatic rings. The van der Waals surface area contributed by atoms with Crippen molar-refractivity contribution in [3.8, 4) is 5.75 Å². The zero-order chi connectivity index (χ0) is 8.55. The molecule has 0 aromatic heterocycles. The highest BCUT2D eigenvalue weighted by Gasteiger charge is 2.14. The van der Waals surface area contributed by atoms with E-state index in [1.165, 1.54) is 0 Å². The van der Waals surface area contributed by atoms with E-state index >= 15 is 0 Å². The summed E-state index contributed by atoms with van der Waals surface area (Å²) >= 11 is 11.8. The summed E-state index contributed by atoms with van der Waals surface area (Å²) in [6, 6.07) is 3.63. The monoisotopic (exact) mass is 202 g/mol. The molecular weight excluding hydrogens is 195 g/mol. The predicted octanol–water partition coefficient (Wildman–Crippen LogP) is 3.32. The third kappa shape index (κ3) is 1.39. The molecule has 3 heteroatoms. The first-order valence-corrected chi connectivity index (χ1v) is 4.63. The Morgan fingerprint density at radius 1 is 1.25 bits per heavy atom. The number of fused-ring (bicyclic) bond motifs is 1. The smallest absolute Gasteiger partial charge is 0.141 e. The maximum Gasteiger partial charge on any atom is 0.141 e. The lowest BCUT2D eigenvalue weighted by atomic mass is 10.1. The minimum Gasteiger partial charge on any atom is -0.492 e. The molecule has 0 radical (unpaired) electrons. The predicted molar refractivity (Wildman–Crippen MR) is 50.3 cm³/mol. The maximum atomic E-state index is 5.94. The summed E-state index contributed by atoms with van der Waals surface area (Å²) in [4.78, 5) is 0. The largest absolute Gasteiger partial charge is 0.492 e. The van der Waals surface area contributed by atoms with Crippen molar-refractivity contribution in [2.75, 3.05) is 6.61 Å². The van der Waals surface area contributed by atoms with Gasteiger partial charge in [-0.2, -0.15) is 0 Å². The van der Waals surface area contributed by atoms with Crippen LogP contribution in [0, 0.1) is 0 Å². The van der Waals surface area contributed by atoms with Crippen LogP contribution >= 0.6 is 23.2 Å². The second-order valence-corrected chi connectivity index (χ2v) is 3.67. The summed E-state index contributed by atoms with van der Waals surface area (Å²) in [5.41, 5.74) is 1.12. The number of ether oxygens (including phenoxy) is 1. The molecule has 0 aliphatic carbocycles. The first kappa shape index (κ1) is 8.21. The molecular formula is C9H8Cl2O. The highest BCUT2D eigenvalue weighted by atomic mass is 35.5. The molecule has 1 aromatic carbocycles. The molecule has 1 aliphatic heterocycles. The number of halogens is 2. The van der Waals surface area contributed by atoms with Crippen molar-refractivity contribution in [1.29, 1.82) is 0 Å². The van der Waals surface area contributed by atoms with Crippen molar-refractivity contribution in [3.05, 3.63) is 27.7 Å². The van der Waals surface area contributed by atoms with Gasteiger partial charge in [-0.05, 0) is 30.5 Å². The molecule has 0 atom stereocenters. The molecule has 0 N–H and O–H groups in total. The molecule has 0 unspecified atom stereocenters. The van der Waals surface area contributed by atoms with Gasteiger partial charge in [-0.25, -0.2) is 0 Å². The lowest BCUT2D eigenvalue weighted by molar-refractivity contribution is 0.288. The first-order chi connectivity index (χ1) is 5.77. The summed E-state index contributed by atoms with van der Waals surface area (Å²) in [6.07, 6.45) is 2.05. The molecule has 2 rings (SSSR count). The second-order valence-electron chi connectivity index (χ2n) is 2.83. The molecule has 0 fully saturated rings. The minimum absolute atomic E-state index is 0.622. The topological polar surface area (TPSA) is 9.23 Å². The van der Waals surface area contributed by atoms with Crippen molar-refractivity contribution in [3.63, 3.8) is 0 Å². The van der Waals surface area contributed by atoms with Crippen molar-refractivity contribution in [2.24, 2.45) is 0 Å². The third-order valence-electron chi connectivity index (χ3n) is 1.92. The van der Waals surface area contributed by atoms with Crippen molar-refractivity contribution >= 4 is 23.2 Å². The van der Waals surface area contributed by atoms with Crippen LogP contribution in [0.5, 0.6) is 5.75 Å². The molecule has 0 saturated heterocycles. The van der Waals surface area contributed by atoms with Crippen LogP contribution in [-0.4, -0.2) is 6.61 Å². The van der Waals surface area contributed by atoms with Crippen LogP contribution < -0.4 is 4.74 Å². The standard InChI is InChI=1S/C9H8Cl2O/c10-7-4-6-2-1-3-12-9(6)8(11)5-7/h4-5H,1-3H2. The zero-order valence-corrected chi connectivity index (χ0v) is 7.95. The fourth-order valence-corrected chi connectivity index (χ4v) is 1.99. The van der Waals surface area contributed by atoms with Gasteiger partial charge in [0.1, 0.15) is 5.75 Å². The molecule has 1 nitrogen and oxygen atoms in total. The first-order valence-electron chi connectivity index (χ1n) is 3.88. The van der Waals surface area contributed by atoms with Gasteiger partial charge < -0.3 is 4.74 Å². The quantitative estimate of drug-likeness (QED) is 0.628. The van der Waals surface area contributed by atoms with Crippen molar-refractivity contribution in [2.45, 2.75) is 12.8 Å². The molecule has 1 heterocycles.